The Morgan fingerprint density at radius 3 is 2.61 bits per heavy atom. The van der Waals surface area contributed by atoms with Crippen molar-refractivity contribution in [1.82, 2.24) is 0 Å². The molecule has 130 valence electrons. The highest BCUT2D eigenvalue weighted by molar-refractivity contribution is 8.02. The van der Waals surface area contributed by atoms with Crippen molar-refractivity contribution in [2.75, 3.05) is 12.9 Å². The van der Waals surface area contributed by atoms with Crippen LogP contribution in [0, 0.1) is 11.8 Å². The number of hydrogen-bond donors (Lipinski definition) is 0. The summed E-state index contributed by atoms with van der Waals surface area (Å²) in [6.45, 7) is 2.25. The van der Waals surface area contributed by atoms with Crippen LogP contribution in [-0.4, -0.2) is 18.8 Å². The van der Waals surface area contributed by atoms with Crippen molar-refractivity contribution in [3.63, 3.8) is 0 Å². The lowest BCUT2D eigenvalue weighted by Gasteiger charge is -1.96. The maximum absolute atomic E-state index is 10.9. The lowest BCUT2D eigenvalue weighted by Crippen LogP contribution is -1.99. The van der Waals surface area contributed by atoms with Crippen molar-refractivity contribution in [3.8, 4) is 11.8 Å². The summed E-state index contributed by atoms with van der Waals surface area (Å²) in [6, 6.07) is 0. The number of hydrogen-bond acceptors (Lipinski definition) is 3. The van der Waals surface area contributed by atoms with E-state index in [2.05, 4.69) is 35.0 Å². The average Bonchev–Trinajstić information content (AvgIpc) is 2.57. The lowest BCUT2D eigenvalue weighted by molar-refractivity contribution is -0.140. The molecule has 0 aliphatic carbocycles. The molecule has 0 heterocycles. The first-order chi connectivity index (χ1) is 11.3. The van der Waals surface area contributed by atoms with Crippen LogP contribution in [0.5, 0.6) is 0 Å². The Labute approximate surface area is 147 Å². The Morgan fingerprint density at radius 2 is 1.83 bits per heavy atom. The second-order valence-corrected chi connectivity index (χ2v) is 6.40. The molecule has 0 rings (SSSR count). The zero-order valence-corrected chi connectivity index (χ0v) is 15.6. The molecule has 0 bridgehead atoms. The highest BCUT2D eigenvalue weighted by atomic mass is 32.2. The molecule has 0 aliphatic rings. The van der Waals surface area contributed by atoms with Gasteiger partial charge in [0.15, 0.2) is 0 Å². The third-order valence-corrected chi connectivity index (χ3v) is 4.17. The second kappa shape index (κ2) is 18.9. The molecule has 0 aromatic carbocycles. The van der Waals surface area contributed by atoms with Gasteiger partial charge in [0, 0.05) is 19.3 Å². The van der Waals surface area contributed by atoms with E-state index in [1.807, 2.05) is 12.2 Å². The van der Waals surface area contributed by atoms with E-state index in [1.165, 1.54) is 45.6 Å². The minimum Gasteiger partial charge on any atom is -0.469 e. The first-order valence-electron chi connectivity index (χ1n) is 8.77. The molecule has 0 saturated carbocycles. The van der Waals surface area contributed by atoms with Gasteiger partial charge in [-0.1, -0.05) is 63.2 Å². The third-order valence-electron chi connectivity index (χ3n) is 3.29. The molecule has 0 aromatic rings. The van der Waals surface area contributed by atoms with E-state index in [-0.39, 0.29) is 5.97 Å². The van der Waals surface area contributed by atoms with Gasteiger partial charge in [-0.3, -0.25) is 4.79 Å². The summed E-state index contributed by atoms with van der Waals surface area (Å²) in [5, 5.41) is 2.05. The Bertz CT molecular complexity index is 388. The van der Waals surface area contributed by atoms with Crippen molar-refractivity contribution in [2.24, 2.45) is 0 Å². The molecule has 2 nitrogen and oxygen atoms in total. The first-order valence-corrected chi connectivity index (χ1v) is 9.82. The number of thioether (sulfide) groups is 1. The van der Waals surface area contributed by atoms with E-state index in [1.54, 1.807) is 11.8 Å². The highest BCUT2D eigenvalue weighted by Crippen LogP contribution is 2.07. The Balaban J connectivity index is 3.38. The summed E-state index contributed by atoms with van der Waals surface area (Å²) in [5.41, 5.74) is 0. The zero-order valence-electron chi connectivity index (χ0n) is 14.8. The van der Waals surface area contributed by atoms with Gasteiger partial charge in [-0.15, -0.1) is 17.7 Å². The van der Waals surface area contributed by atoms with Gasteiger partial charge < -0.3 is 4.74 Å². The van der Waals surface area contributed by atoms with Crippen LogP contribution in [0.2, 0.25) is 0 Å². The molecular weight excluding hydrogens is 304 g/mol. The summed E-state index contributed by atoms with van der Waals surface area (Å²) < 4.78 is 4.59. The number of carbonyl (C=O) groups is 1. The number of esters is 1. The van der Waals surface area contributed by atoms with Gasteiger partial charge >= 0.3 is 5.97 Å². The Morgan fingerprint density at radius 1 is 1.04 bits per heavy atom. The predicted molar refractivity (Wildman–Crippen MR) is 102 cm³/mol. The van der Waals surface area contributed by atoms with Gasteiger partial charge in [0.2, 0.25) is 0 Å². The number of methoxy groups -OCH3 is 1. The maximum atomic E-state index is 10.9. The van der Waals surface area contributed by atoms with Crippen molar-refractivity contribution in [2.45, 2.75) is 71.1 Å². The van der Waals surface area contributed by atoms with Crippen LogP contribution >= 0.6 is 11.8 Å². The third kappa shape index (κ3) is 18.8. The van der Waals surface area contributed by atoms with Gasteiger partial charge in [0.1, 0.15) is 0 Å². The standard InChI is InChI=1S/C20H32O2S/c1-3-4-5-6-7-8-9-10-11-12-13-14-15-18-23-19-16-17-20(21)22-2/h13-15,18H,3-9,12,16-17,19H2,1-2H3/b14-13-,18-15+. The number of carbonyl (C=O) groups excluding carboxylic acids is 1. The minimum absolute atomic E-state index is 0.131. The monoisotopic (exact) mass is 336 g/mol. The Hall–Kier alpha value is -1.14. The first kappa shape index (κ1) is 21.9. The molecule has 0 atom stereocenters. The fourth-order valence-corrected chi connectivity index (χ4v) is 2.58. The maximum Gasteiger partial charge on any atom is 0.305 e. The van der Waals surface area contributed by atoms with E-state index in [9.17, 15) is 4.79 Å². The molecule has 0 N–H and O–H groups in total. The Kier molecular flexibility index (Phi) is 18.0. The molecule has 0 spiro atoms. The molecule has 0 saturated heterocycles. The van der Waals surface area contributed by atoms with Crippen LogP contribution < -0.4 is 0 Å². The number of unbranched alkanes of at least 4 members (excludes halogenated alkanes) is 6. The molecule has 0 amide bonds. The fourth-order valence-electron chi connectivity index (χ4n) is 1.93. The molecule has 0 aliphatic heterocycles. The molecule has 0 unspecified atom stereocenters. The van der Waals surface area contributed by atoms with E-state index < -0.39 is 0 Å². The van der Waals surface area contributed by atoms with Crippen molar-refractivity contribution < 1.29 is 9.53 Å². The normalized spacial score (nSPS) is 10.9. The summed E-state index contributed by atoms with van der Waals surface area (Å²) >= 11 is 1.71. The molecule has 0 fully saturated rings. The van der Waals surface area contributed by atoms with Crippen LogP contribution in [0.25, 0.3) is 0 Å². The van der Waals surface area contributed by atoms with E-state index in [0.717, 1.165) is 25.0 Å². The molecule has 23 heavy (non-hydrogen) atoms. The van der Waals surface area contributed by atoms with Crippen LogP contribution in [0.1, 0.15) is 71.1 Å². The topological polar surface area (TPSA) is 26.3 Å². The molecule has 0 aromatic heterocycles. The van der Waals surface area contributed by atoms with E-state index in [4.69, 9.17) is 0 Å². The van der Waals surface area contributed by atoms with Crippen LogP contribution in [0.15, 0.2) is 23.6 Å². The van der Waals surface area contributed by atoms with Crippen molar-refractivity contribution in [1.29, 1.82) is 0 Å². The average molecular weight is 337 g/mol. The van der Waals surface area contributed by atoms with Gasteiger partial charge in [0.05, 0.1) is 7.11 Å². The van der Waals surface area contributed by atoms with Gasteiger partial charge in [0.25, 0.3) is 0 Å². The SMILES string of the molecule is CCCCCCCCC#CC/C=C\C=C\SCCCC(=O)OC. The van der Waals surface area contributed by atoms with Crippen molar-refractivity contribution in [3.05, 3.63) is 23.6 Å². The van der Waals surface area contributed by atoms with Gasteiger partial charge in [-0.2, -0.15) is 0 Å². The highest BCUT2D eigenvalue weighted by Gasteiger charge is 1.97. The lowest BCUT2D eigenvalue weighted by atomic mass is 10.1. The molecular formula is C20H32O2S. The molecule has 3 heteroatoms. The number of allylic oxidation sites excluding steroid dienone is 3. The summed E-state index contributed by atoms with van der Waals surface area (Å²) in [7, 11) is 1.43. The summed E-state index contributed by atoms with van der Waals surface area (Å²) in [6.07, 6.45) is 17.3. The minimum atomic E-state index is -0.131. The van der Waals surface area contributed by atoms with Crippen molar-refractivity contribution >= 4 is 17.7 Å². The zero-order chi connectivity index (χ0) is 17.0. The fraction of sp³-hybridized carbons (Fsp3) is 0.650. The molecule has 0 radical (unpaired) electrons. The largest absolute Gasteiger partial charge is 0.469 e. The second-order valence-electron chi connectivity index (χ2n) is 5.38. The quantitative estimate of drug-likeness (QED) is 0.182. The van der Waals surface area contributed by atoms with E-state index in [0.29, 0.717) is 6.42 Å². The van der Waals surface area contributed by atoms with Crippen LogP contribution in [-0.2, 0) is 9.53 Å². The van der Waals surface area contributed by atoms with E-state index >= 15 is 0 Å². The van der Waals surface area contributed by atoms with Gasteiger partial charge in [-0.05, 0) is 24.0 Å². The summed E-state index contributed by atoms with van der Waals surface area (Å²) in [5.74, 6) is 7.24. The van der Waals surface area contributed by atoms with Crippen LogP contribution in [0.3, 0.4) is 0 Å². The number of ether oxygens (including phenoxy) is 1. The predicted octanol–water partition coefficient (Wildman–Crippen LogP) is 5.89. The summed E-state index contributed by atoms with van der Waals surface area (Å²) in [4.78, 5) is 10.9. The smallest absolute Gasteiger partial charge is 0.305 e. The van der Waals surface area contributed by atoms with Crippen LogP contribution in [0.4, 0.5) is 0 Å². The number of rotatable bonds is 13. The van der Waals surface area contributed by atoms with Gasteiger partial charge in [-0.25, -0.2) is 0 Å².